The van der Waals surface area contributed by atoms with Crippen LogP contribution in [-0.2, 0) is 5.75 Å². The van der Waals surface area contributed by atoms with Crippen LogP contribution in [0.5, 0.6) is 11.5 Å². The van der Waals surface area contributed by atoms with Crippen LogP contribution in [0.2, 0.25) is 0 Å². The van der Waals surface area contributed by atoms with Gasteiger partial charge >= 0.3 is 0 Å². The monoisotopic (exact) mass is 389 g/mol. The first-order valence-corrected chi connectivity index (χ1v) is 10.1. The van der Waals surface area contributed by atoms with E-state index >= 15 is 0 Å². The Morgan fingerprint density at radius 1 is 1.23 bits per heavy atom. The summed E-state index contributed by atoms with van der Waals surface area (Å²) < 4.78 is 12.3. The number of thioether (sulfide) groups is 1. The standard InChI is InChI=1S/C17H19N5O2S2/c1-23-13-6-5-11(7-14(13)24-2)16-19-12(8-25-16)9-26-17-21-20-15(22(17)18)10-3-4-10/h5-8,10H,3-4,9,18H2,1-2H3. The highest BCUT2D eigenvalue weighted by molar-refractivity contribution is 7.98. The van der Waals surface area contributed by atoms with Crippen molar-refractivity contribution in [2.45, 2.75) is 29.7 Å². The van der Waals surface area contributed by atoms with Crippen LogP contribution in [0.25, 0.3) is 10.6 Å². The molecular weight excluding hydrogens is 370 g/mol. The molecule has 0 spiro atoms. The quantitative estimate of drug-likeness (QED) is 0.490. The Bertz CT molecular complexity index is 920. The summed E-state index contributed by atoms with van der Waals surface area (Å²) in [5.41, 5.74) is 1.99. The fraction of sp³-hybridized carbons (Fsp3) is 0.353. The third kappa shape index (κ3) is 3.36. The second kappa shape index (κ2) is 7.16. The van der Waals surface area contributed by atoms with Gasteiger partial charge in [0.05, 0.1) is 19.9 Å². The zero-order valence-corrected chi connectivity index (χ0v) is 16.1. The molecule has 1 saturated carbocycles. The fourth-order valence-electron chi connectivity index (χ4n) is 2.62. The molecule has 0 bridgehead atoms. The summed E-state index contributed by atoms with van der Waals surface area (Å²) in [6.07, 6.45) is 2.31. The van der Waals surface area contributed by atoms with Crippen molar-refractivity contribution in [3.05, 3.63) is 35.1 Å². The first-order chi connectivity index (χ1) is 12.7. The highest BCUT2D eigenvalue weighted by atomic mass is 32.2. The number of benzene rings is 1. The van der Waals surface area contributed by atoms with Gasteiger partial charge in [-0.1, -0.05) is 11.8 Å². The van der Waals surface area contributed by atoms with Crippen molar-refractivity contribution in [1.82, 2.24) is 19.9 Å². The molecule has 1 aromatic carbocycles. The largest absolute Gasteiger partial charge is 0.493 e. The van der Waals surface area contributed by atoms with Crippen molar-refractivity contribution < 1.29 is 9.47 Å². The first-order valence-electron chi connectivity index (χ1n) is 8.19. The van der Waals surface area contributed by atoms with Crippen molar-refractivity contribution in [3.8, 4) is 22.1 Å². The summed E-state index contributed by atoms with van der Waals surface area (Å²) in [6.45, 7) is 0. The van der Waals surface area contributed by atoms with Crippen molar-refractivity contribution in [2.75, 3.05) is 20.1 Å². The fourth-order valence-corrected chi connectivity index (χ4v) is 4.30. The van der Waals surface area contributed by atoms with Gasteiger partial charge in [0, 0.05) is 22.6 Å². The molecule has 1 fully saturated rings. The molecule has 2 N–H and O–H groups in total. The van der Waals surface area contributed by atoms with Crippen LogP contribution >= 0.6 is 23.1 Å². The number of hydrogen-bond donors (Lipinski definition) is 1. The normalized spacial score (nSPS) is 13.8. The molecule has 0 aliphatic heterocycles. The number of thiazole rings is 1. The van der Waals surface area contributed by atoms with E-state index in [-0.39, 0.29) is 0 Å². The third-order valence-corrected chi connectivity index (χ3v) is 6.08. The number of ether oxygens (including phenoxy) is 2. The number of nitrogen functional groups attached to an aromatic ring is 1. The number of hydrogen-bond acceptors (Lipinski definition) is 8. The predicted octanol–water partition coefficient (Wildman–Crippen LogP) is 3.30. The van der Waals surface area contributed by atoms with Gasteiger partial charge in [-0.05, 0) is 31.0 Å². The van der Waals surface area contributed by atoms with Crippen LogP contribution in [0.1, 0.15) is 30.3 Å². The second-order valence-electron chi connectivity index (χ2n) is 5.99. The van der Waals surface area contributed by atoms with Crippen molar-refractivity contribution in [1.29, 1.82) is 0 Å². The minimum absolute atomic E-state index is 0.484. The molecule has 0 atom stereocenters. The van der Waals surface area contributed by atoms with Gasteiger partial charge in [0.25, 0.3) is 0 Å². The third-order valence-electron chi connectivity index (χ3n) is 4.16. The van der Waals surface area contributed by atoms with E-state index in [9.17, 15) is 0 Å². The van der Waals surface area contributed by atoms with E-state index in [1.807, 2.05) is 18.2 Å². The molecule has 1 aliphatic rings. The number of rotatable bonds is 7. The van der Waals surface area contributed by atoms with Gasteiger partial charge in [-0.2, -0.15) is 0 Å². The summed E-state index contributed by atoms with van der Waals surface area (Å²) in [4.78, 5) is 4.71. The summed E-state index contributed by atoms with van der Waals surface area (Å²) >= 11 is 3.15. The molecule has 136 valence electrons. The molecule has 3 aromatic rings. The molecule has 9 heteroatoms. The number of aromatic nitrogens is 4. The average molecular weight is 390 g/mol. The average Bonchev–Trinajstić information content (AvgIpc) is 3.28. The smallest absolute Gasteiger partial charge is 0.210 e. The summed E-state index contributed by atoms with van der Waals surface area (Å²) in [5.74, 6) is 9.56. The van der Waals surface area contributed by atoms with Crippen molar-refractivity contribution in [3.63, 3.8) is 0 Å². The number of nitrogens with zero attached hydrogens (tertiary/aromatic N) is 4. The highest BCUT2D eigenvalue weighted by Crippen LogP contribution is 2.39. The van der Waals surface area contributed by atoms with Crippen molar-refractivity contribution >= 4 is 23.1 Å². The second-order valence-corrected chi connectivity index (χ2v) is 7.79. The van der Waals surface area contributed by atoms with E-state index in [1.54, 1.807) is 42.0 Å². The van der Waals surface area contributed by atoms with Gasteiger partial charge in [0.15, 0.2) is 17.3 Å². The van der Waals surface area contributed by atoms with Crippen LogP contribution in [-0.4, -0.2) is 34.1 Å². The van der Waals surface area contributed by atoms with E-state index in [4.69, 9.17) is 20.3 Å². The van der Waals surface area contributed by atoms with Gasteiger partial charge in [-0.15, -0.1) is 21.5 Å². The Balaban J connectivity index is 1.46. The van der Waals surface area contributed by atoms with Crippen LogP contribution in [0, 0.1) is 0 Å². The Hall–Kier alpha value is -2.26. The first kappa shape index (κ1) is 17.2. The SMILES string of the molecule is COc1ccc(-c2nc(CSc3nnc(C4CC4)n3N)cs2)cc1OC. The van der Waals surface area contributed by atoms with Gasteiger partial charge in [-0.3, -0.25) is 0 Å². The molecule has 2 aromatic heterocycles. The van der Waals surface area contributed by atoms with Crippen LogP contribution < -0.4 is 15.3 Å². The lowest BCUT2D eigenvalue weighted by Gasteiger charge is -2.08. The van der Waals surface area contributed by atoms with E-state index < -0.39 is 0 Å². The molecule has 0 amide bonds. The van der Waals surface area contributed by atoms with Gasteiger partial charge in [0.1, 0.15) is 5.01 Å². The van der Waals surface area contributed by atoms with E-state index in [2.05, 4.69) is 15.6 Å². The Morgan fingerprint density at radius 3 is 2.77 bits per heavy atom. The summed E-state index contributed by atoms with van der Waals surface area (Å²) in [6, 6.07) is 5.81. The molecule has 0 unspecified atom stereocenters. The van der Waals surface area contributed by atoms with E-state index in [0.717, 1.165) is 40.1 Å². The molecule has 2 heterocycles. The summed E-state index contributed by atoms with van der Waals surface area (Å²) in [7, 11) is 3.26. The minimum atomic E-state index is 0.484. The lowest BCUT2D eigenvalue weighted by molar-refractivity contribution is 0.355. The molecular formula is C17H19N5O2S2. The Labute approximate surface area is 159 Å². The number of methoxy groups -OCH3 is 2. The molecule has 0 radical (unpaired) electrons. The maximum absolute atomic E-state index is 6.09. The minimum Gasteiger partial charge on any atom is -0.493 e. The molecule has 1 aliphatic carbocycles. The Morgan fingerprint density at radius 2 is 2.04 bits per heavy atom. The van der Waals surface area contributed by atoms with E-state index in [1.165, 1.54) is 0 Å². The zero-order chi connectivity index (χ0) is 18.1. The van der Waals surface area contributed by atoms with Crippen LogP contribution in [0.15, 0.2) is 28.7 Å². The predicted molar refractivity (Wildman–Crippen MR) is 102 cm³/mol. The van der Waals surface area contributed by atoms with E-state index in [0.29, 0.717) is 23.2 Å². The lowest BCUT2D eigenvalue weighted by atomic mass is 10.2. The Kier molecular flexibility index (Phi) is 4.73. The topological polar surface area (TPSA) is 88.1 Å². The molecule has 7 nitrogen and oxygen atoms in total. The van der Waals surface area contributed by atoms with Gasteiger partial charge < -0.3 is 15.3 Å². The zero-order valence-electron chi connectivity index (χ0n) is 14.5. The van der Waals surface area contributed by atoms with Crippen LogP contribution in [0.4, 0.5) is 0 Å². The molecule has 0 saturated heterocycles. The van der Waals surface area contributed by atoms with Gasteiger partial charge in [0.2, 0.25) is 5.16 Å². The van der Waals surface area contributed by atoms with Gasteiger partial charge in [-0.25, -0.2) is 9.66 Å². The highest BCUT2D eigenvalue weighted by Gasteiger charge is 2.29. The number of nitrogens with two attached hydrogens (primary N) is 1. The molecule has 26 heavy (non-hydrogen) atoms. The maximum atomic E-state index is 6.09. The molecule has 4 rings (SSSR count). The summed E-state index contributed by atoms with van der Waals surface area (Å²) in [5, 5.41) is 12.1. The van der Waals surface area contributed by atoms with Crippen molar-refractivity contribution in [2.24, 2.45) is 0 Å². The lowest BCUT2D eigenvalue weighted by Crippen LogP contribution is -2.13. The maximum Gasteiger partial charge on any atom is 0.210 e. The van der Waals surface area contributed by atoms with Crippen LogP contribution in [0.3, 0.4) is 0 Å².